The number of halogens is 4. The fraction of sp³-hybridized carbons (Fsp3) is 0.333. The molecule has 0 atom stereocenters. The maximum absolute atomic E-state index is 12.9. The van der Waals surface area contributed by atoms with Crippen LogP contribution in [0.4, 0.5) is 17.6 Å². The monoisotopic (exact) mass is 254 g/mol. The Balaban J connectivity index is 2.82. The third-order valence-electron chi connectivity index (χ3n) is 1.80. The molecule has 1 aromatic carbocycles. The molecule has 2 nitrogen and oxygen atoms in total. The Hall–Kier alpha value is -0.790. The number of benzene rings is 1. The van der Waals surface area contributed by atoms with E-state index in [2.05, 4.69) is 5.32 Å². The first-order valence-corrected chi connectivity index (χ1v) is 5.37. The van der Waals surface area contributed by atoms with E-state index in [9.17, 15) is 17.6 Å². The summed E-state index contributed by atoms with van der Waals surface area (Å²) in [4.78, 5) is 0. The van der Waals surface area contributed by atoms with Crippen LogP contribution in [0.2, 0.25) is 0 Å². The van der Waals surface area contributed by atoms with Gasteiger partial charge in [0.25, 0.3) is 0 Å². The molecule has 0 radical (unpaired) electrons. The van der Waals surface area contributed by atoms with Crippen LogP contribution in [0.15, 0.2) is 18.2 Å². The molecule has 0 aliphatic carbocycles. The van der Waals surface area contributed by atoms with Gasteiger partial charge in [0.1, 0.15) is 5.82 Å². The van der Waals surface area contributed by atoms with E-state index in [0.29, 0.717) is 11.9 Å². The minimum Gasteiger partial charge on any atom is -0.303 e. The van der Waals surface area contributed by atoms with E-state index in [1.165, 1.54) is 0 Å². The van der Waals surface area contributed by atoms with Crippen molar-refractivity contribution in [1.29, 1.82) is 0 Å². The Morgan fingerprint density at radius 1 is 1.25 bits per heavy atom. The van der Waals surface area contributed by atoms with Crippen LogP contribution in [-0.2, 0) is 12.7 Å². The first-order valence-electron chi connectivity index (χ1n) is 4.32. The molecule has 1 rings (SSSR count). The third kappa shape index (κ3) is 3.99. The second-order valence-electron chi connectivity index (χ2n) is 3.08. The van der Waals surface area contributed by atoms with E-state index in [1.54, 1.807) is 0 Å². The van der Waals surface area contributed by atoms with Crippen molar-refractivity contribution in [2.45, 2.75) is 12.7 Å². The zero-order valence-electron chi connectivity index (χ0n) is 8.14. The molecule has 3 N–H and O–H groups in total. The van der Waals surface area contributed by atoms with Gasteiger partial charge >= 0.3 is 6.18 Å². The van der Waals surface area contributed by atoms with Crippen molar-refractivity contribution >= 4 is 11.9 Å². The van der Waals surface area contributed by atoms with Gasteiger partial charge in [0.15, 0.2) is 0 Å². The van der Waals surface area contributed by atoms with Crippen LogP contribution in [0.25, 0.3) is 0 Å². The largest absolute Gasteiger partial charge is 0.416 e. The predicted octanol–water partition coefficient (Wildman–Crippen LogP) is 2.50. The normalized spacial score (nSPS) is 11.8. The van der Waals surface area contributed by atoms with Crippen LogP contribution >= 0.6 is 11.9 Å². The van der Waals surface area contributed by atoms with Crippen LogP contribution in [0.3, 0.4) is 0 Å². The maximum Gasteiger partial charge on any atom is 0.416 e. The maximum atomic E-state index is 12.9. The van der Waals surface area contributed by atoms with Crippen molar-refractivity contribution in [3.8, 4) is 0 Å². The molecule has 0 fully saturated rings. The molecule has 90 valence electrons. The van der Waals surface area contributed by atoms with Gasteiger partial charge in [-0.1, -0.05) is 11.9 Å². The van der Waals surface area contributed by atoms with E-state index >= 15 is 0 Å². The third-order valence-corrected chi connectivity index (χ3v) is 2.17. The Bertz CT molecular complexity index is 354. The molecule has 1 aromatic rings. The Morgan fingerprint density at radius 3 is 2.50 bits per heavy atom. The van der Waals surface area contributed by atoms with E-state index < -0.39 is 17.6 Å². The Kier molecular flexibility index (Phi) is 4.57. The Morgan fingerprint density at radius 2 is 1.94 bits per heavy atom. The van der Waals surface area contributed by atoms with E-state index in [0.717, 1.165) is 24.1 Å². The molecular formula is C9H10F4N2S. The molecule has 0 aliphatic heterocycles. The lowest BCUT2D eigenvalue weighted by Crippen LogP contribution is -2.15. The minimum absolute atomic E-state index is 0.144. The van der Waals surface area contributed by atoms with Gasteiger partial charge in [-0.05, 0) is 23.8 Å². The molecule has 0 unspecified atom stereocenters. The van der Waals surface area contributed by atoms with Crippen LogP contribution in [-0.4, -0.2) is 5.88 Å². The fourth-order valence-electron chi connectivity index (χ4n) is 1.17. The lowest BCUT2D eigenvalue weighted by molar-refractivity contribution is -0.137. The molecule has 0 saturated carbocycles. The summed E-state index contributed by atoms with van der Waals surface area (Å²) in [5.41, 5.74) is -0.744. The highest BCUT2D eigenvalue weighted by atomic mass is 32.2. The summed E-state index contributed by atoms with van der Waals surface area (Å²) in [5.74, 6) is -0.510. The first-order chi connectivity index (χ1) is 7.43. The summed E-state index contributed by atoms with van der Waals surface area (Å²) in [6.07, 6.45) is -4.53. The lowest BCUT2D eigenvalue weighted by Gasteiger charge is -2.09. The number of hydrogen-bond acceptors (Lipinski definition) is 3. The number of nitrogens with two attached hydrogens (primary N) is 1. The zero-order chi connectivity index (χ0) is 12.2. The second kappa shape index (κ2) is 5.51. The summed E-state index contributed by atoms with van der Waals surface area (Å²) < 4.78 is 49.9. The van der Waals surface area contributed by atoms with Gasteiger partial charge in [0.2, 0.25) is 0 Å². The molecule has 0 bridgehead atoms. The standard InChI is InChI=1S/C9H10F4N2S/c10-8-2-6(4-15-5-16-14)1-7(3-8)9(11,12)13/h1-3,15H,4-5,14H2. The summed E-state index contributed by atoms with van der Waals surface area (Å²) in [5, 5.41) is 7.88. The van der Waals surface area contributed by atoms with Gasteiger partial charge in [0.05, 0.1) is 11.4 Å². The molecule has 16 heavy (non-hydrogen) atoms. The number of alkyl halides is 3. The highest BCUT2D eigenvalue weighted by Gasteiger charge is 2.31. The van der Waals surface area contributed by atoms with Gasteiger partial charge in [-0.25, -0.2) is 4.39 Å². The summed E-state index contributed by atoms with van der Waals surface area (Å²) in [6.45, 7) is 0.144. The van der Waals surface area contributed by atoms with E-state index in [4.69, 9.17) is 5.14 Å². The molecule has 0 aromatic heterocycles. The van der Waals surface area contributed by atoms with Gasteiger partial charge in [0, 0.05) is 6.54 Å². The number of rotatable bonds is 4. The smallest absolute Gasteiger partial charge is 0.303 e. The Labute approximate surface area is 94.3 Å². The van der Waals surface area contributed by atoms with Crippen molar-refractivity contribution in [1.82, 2.24) is 5.32 Å². The van der Waals surface area contributed by atoms with Crippen molar-refractivity contribution in [3.05, 3.63) is 35.1 Å². The van der Waals surface area contributed by atoms with Crippen molar-refractivity contribution < 1.29 is 17.6 Å². The fourth-order valence-corrected chi connectivity index (χ4v) is 1.39. The van der Waals surface area contributed by atoms with Gasteiger partial charge in [-0.2, -0.15) is 13.2 Å². The highest BCUT2D eigenvalue weighted by Crippen LogP contribution is 2.30. The molecule has 7 heteroatoms. The molecule has 0 spiro atoms. The van der Waals surface area contributed by atoms with Gasteiger partial charge in [-0.15, -0.1) is 0 Å². The molecular weight excluding hydrogens is 244 g/mol. The topological polar surface area (TPSA) is 38.0 Å². The molecule has 0 aliphatic rings. The summed E-state index contributed by atoms with van der Waals surface area (Å²) >= 11 is 1.01. The summed E-state index contributed by atoms with van der Waals surface area (Å²) in [6, 6.07) is 2.45. The predicted molar refractivity (Wildman–Crippen MR) is 54.9 cm³/mol. The van der Waals surface area contributed by atoms with E-state index in [-0.39, 0.29) is 12.1 Å². The number of nitrogens with one attached hydrogen (secondary N) is 1. The molecule has 0 amide bonds. The lowest BCUT2D eigenvalue weighted by atomic mass is 10.1. The summed E-state index contributed by atoms with van der Waals surface area (Å²) in [7, 11) is 0. The average Bonchev–Trinajstić information content (AvgIpc) is 2.16. The quantitative estimate of drug-likeness (QED) is 0.375. The molecule has 0 saturated heterocycles. The highest BCUT2D eigenvalue weighted by molar-refractivity contribution is 7.97. The van der Waals surface area contributed by atoms with Crippen LogP contribution < -0.4 is 10.5 Å². The number of hydrogen-bond donors (Lipinski definition) is 2. The zero-order valence-corrected chi connectivity index (χ0v) is 8.96. The van der Waals surface area contributed by atoms with Gasteiger partial charge < -0.3 is 5.32 Å². The minimum atomic E-state index is -4.53. The van der Waals surface area contributed by atoms with Crippen molar-refractivity contribution in [3.63, 3.8) is 0 Å². The van der Waals surface area contributed by atoms with E-state index in [1.807, 2.05) is 0 Å². The average molecular weight is 254 g/mol. The van der Waals surface area contributed by atoms with Crippen molar-refractivity contribution in [2.24, 2.45) is 5.14 Å². The van der Waals surface area contributed by atoms with Gasteiger partial charge in [-0.3, -0.25) is 5.14 Å². The SMILES string of the molecule is NSCNCc1cc(F)cc(C(F)(F)F)c1. The van der Waals surface area contributed by atoms with Crippen LogP contribution in [0.1, 0.15) is 11.1 Å². The first kappa shape index (κ1) is 13.3. The molecule has 0 heterocycles. The van der Waals surface area contributed by atoms with Crippen LogP contribution in [0.5, 0.6) is 0 Å². The second-order valence-corrected chi connectivity index (χ2v) is 3.71. The van der Waals surface area contributed by atoms with Crippen molar-refractivity contribution in [2.75, 3.05) is 5.88 Å². The van der Waals surface area contributed by atoms with Crippen LogP contribution in [0, 0.1) is 5.82 Å².